The van der Waals surface area contributed by atoms with E-state index in [1.807, 2.05) is 0 Å². The first-order valence-electron chi connectivity index (χ1n) is 8.32. The molecule has 1 atom stereocenters. The average Bonchev–Trinajstić information content (AvgIpc) is 2.56. The number of hydrogen-bond donors (Lipinski definition) is 1. The molecule has 0 radical (unpaired) electrons. The predicted molar refractivity (Wildman–Crippen MR) is 91.6 cm³/mol. The molecule has 2 fully saturated rings. The Morgan fingerprint density at radius 1 is 1.24 bits per heavy atom. The molecule has 0 amide bonds. The third kappa shape index (κ3) is 3.95. The summed E-state index contributed by atoms with van der Waals surface area (Å²) in [6, 6.07) is 6.93. The molecule has 1 aromatic rings. The molecular formula is C18H27NOS. The van der Waals surface area contributed by atoms with E-state index in [0.29, 0.717) is 0 Å². The summed E-state index contributed by atoms with van der Waals surface area (Å²) in [5.41, 5.74) is 2.96. The lowest BCUT2D eigenvalue weighted by molar-refractivity contribution is 0.364. The summed E-state index contributed by atoms with van der Waals surface area (Å²) >= 11 is 2.10. The molecule has 1 aromatic carbocycles. The fourth-order valence-corrected chi connectivity index (χ4v) is 4.76. The average molecular weight is 305 g/mol. The Kier molecular flexibility index (Phi) is 5.48. The molecule has 116 valence electrons. The van der Waals surface area contributed by atoms with Gasteiger partial charge in [-0.25, -0.2) is 0 Å². The zero-order valence-electron chi connectivity index (χ0n) is 13.1. The molecule has 0 spiro atoms. The second-order valence-corrected chi connectivity index (χ2v) is 7.60. The smallest absolute Gasteiger partial charge is 0.122 e. The number of benzene rings is 1. The predicted octanol–water partition coefficient (Wildman–Crippen LogP) is 3.85. The van der Waals surface area contributed by atoms with Crippen LogP contribution in [0.5, 0.6) is 5.75 Å². The van der Waals surface area contributed by atoms with Crippen molar-refractivity contribution in [2.75, 3.05) is 31.7 Å². The van der Waals surface area contributed by atoms with E-state index in [0.717, 1.165) is 30.6 Å². The number of ether oxygens (including phenoxy) is 1. The number of thioether (sulfide) groups is 1. The van der Waals surface area contributed by atoms with Gasteiger partial charge in [0.2, 0.25) is 0 Å². The summed E-state index contributed by atoms with van der Waals surface area (Å²) < 4.78 is 5.60. The Morgan fingerprint density at radius 3 is 2.81 bits per heavy atom. The van der Waals surface area contributed by atoms with Gasteiger partial charge in [0.15, 0.2) is 0 Å². The molecule has 0 saturated carbocycles. The van der Waals surface area contributed by atoms with Crippen LogP contribution in [0.15, 0.2) is 18.2 Å². The van der Waals surface area contributed by atoms with Crippen molar-refractivity contribution in [1.29, 1.82) is 0 Å². The third-order valence-electron chi connectivity index (χ3n) is 4.90. The summed E-state index contributed by atoms with van der Waals surface area (Å²) in [6.07, 6.45) is 6.49. The lowest BCUT2D eigenvalue weighted by Gasteiger charge is -2.25. The van der Waals surface area contributed by atoms with Crippen LogP contribution in [-0.2, 0) is 6.42 Å². The van der Waals surface area contributed by atoms with E-state index >= 15 is 0 Å². The molecule has 2 saturated heterocycles. The van der Waals surface area contributed by atoms with Crippen molar-refractivity contribution in [2.45, 2.75) is 38.0 Å². The molecule has 1 N–H and O–H groups in total. The zero-order chi connectivity index (χ0) is 14.5. The standard InChI is InChI=1S/C18H27NOS/c1-20-18-5-4-16(15-6-9-21-10-7-15)12-17(18)11-14-3-2-8-19-13-14/h4-5,12,14-15,19H,2-3,6-11,13H2,1H3. The van der Waals surface area contributed by atoms with E-state index in [4.69, 9.17) is 4.74 Å². The van der Waals surface area contributed by atoms with Crippen molar-refractivity contribution in [2.24, 2.45) is 5.92 Å². The number of piperidine rings is 1. The maximum atomic E-state index is 5.60. The second-order valence-electron chi connectivity index (χ2n) is 6.37. The largest absolute Gasteiger partial charge is 0.496 e. The van der Waals surface area contributed by atoms with Crippen LogP contribution >= 0.6 is 11.8 Å². The van der Waals surface area contributed by atoms with Gasteiger partial charge in [0, 0.05) is 0 Å². The number of rotatable bonds is 4. The van der Waals surface area contributed by atoms with E-state index in [-0.39, 0.29) is 0 Å². The molecule has 3 rings (SSSR count). The molecule has 0 aromatic heterocycles. The SMILES string of the molecule is COc1ccc(C2CCSCC2)cc1CC1CCCNC1. The Hall–Kier alpha value is -0.670. The second kappa shape index (κ2) is 7.55. The van der Waals surface area contributed by atoms with Crippen molar-refractivity contribution >= 4 is 11.8 Å². The van der Waals surface area contributed by atoms with Crippen LogP contribution in [-0.4, -0.2) is 31.7 Å². The van der Waals surface area contributed by atoms with Gasteiger partial charge in [0.1, 0.15) is 5.75 Å². The van der Waals surface area contributed by atoms with E-state index in [1.165, 1.54) is 54.9 Å². The topological polar surface area (TPSA) is 21.3 Å². The van der Waals surface area contributed by atoms with E-state index in [9.17, 15) is 0 Å². The minimum absolute atomic E-state index is 0.764. The molecule has 3 heteroatoms. The van der Waals surface area contributed by atoms with Crippen LogP contribution < -0.4 is 10.1 Å². The van der Waals surface area contributed by atoms with Gasteiger partial charge >= 0.3 is 0 Å². The highest BCUT2D eigenvalue weighted by Gasteiger charge is 2.19. The molecule has 0 aliphatic carbocycles. The summed E-state index contributed by atoms with van der Waals surface area (Å²) in [5.74, 6) is 5.25. The van der Waals surface area contributed by atoms with E-state index in [1.54, 1.807) is 7.11 Å². The van der Waals surface area contributed by atoms with Gasteiger partial charge in [-0.3, -0.25) is 0 Å². The van der Waals surface area contributed by atoms with Crippen LogP contribution in [0, 0.1) is 5.92 Å². The zero-order valence-corrected chi connectivity index (χ0v) is 13.9. The van der Waals surface area contributed by atoms with Crippen LogP contribution in [0.3, 0.4) is 0 Å². The first kappa shape index (κ1) is 15.2. The van der Waals surface area contributed by atoms with Crippen LogP contribution in [0.1, 0.15) is 42.7 Å². The molecule has 2 nitrogen and oxygen atoms in total. The van der Waals surface area contributed by atoms with Gasteiger partial charge in [0.05, 0.1) is 7.11 Å². The molecule has 21 heavy (non-hydrogen) atoms. The van der Waals surface area contributed by atoms with Gasteiger partial charge in [0.25, 0.3) is 0 Å². The lowest BCUT2D eigenvalue weighted by atomic mass is 9.88. The number of hydrogen-bond acceptors (Lipinski definition) is 3. The van der Waals surface area contributed by atoms with Crippen LogP contribution in [0.4, 0.5) is 0 Å². The van der Waals surface area contributed by atoms with Gasteiger partial charge < -0.3 is 10.1 Å². The first-order valence-corrected chi connectivity index (χ1v) is 9.47. The van der Waals surface area contributed by atoms with E-state index < -0.39 is 0 Å². The van der Waals surface area contributed by atoms with Crippen molar-refractivity contribution in [3.8, 4) is 5.75 Å². The Bertz CT molecular complexity index is 451. The highest BCUT2D eigenvalue weighted by atomic mass is 32.2. The Morgan fingerprint density at radius 2 is 2.10 bits per heavy atom. The number of nitrogens with one attached hydrogen (secondary N) is 1. The minimum Gasteiger partial charge on any atom is -0.496 e. The molecule has 0 bridgehead atoms. The highest BCUT2D eigenvalue weighted by molar-refractivity contribution is 7.99. The third-order valence-corrected chi connectivity index (χ3v) is 5.95. The molecule has 2 aliphatic rings. The molecule has 1 unspecified atom stereocenters. The number of methoxy groups -OCH3 is 1. The fraction of sp³-hybridized carbons (Fsp3) is 0.667. The van der Waals surface area contributed by atoms with Gasteiger partial charge in [-0.05, 0) is 85.7 Å². The lowest BCUT2D eigenvalue weighted by Crippen LogP contribution is -2.30. The van der Waals surface area contributed by atoms with Crippen molar-refractivity contribution in [1.82, 2.24) is 5.32 Å². The van der Waals surface area contributed by atoms with E-state index in [2.05, 4.69) is 35.3 Å². The first-order chi connectivity index (χ1) is 10.4. The summed E-state index contributed by atoms with van der Waals surface area (Å²) in [4.78, 5) is 0. The highest BCUT2D eigenvalue weighted by Crippen LogP contribution is 2.34. The normalized spacial score (nSPS) is 24.0. The maximum absolute atomic E-state index is 5.60. The molecule has 2 heterocycles. The minimum atomic E-state index is 0.764. The van der Waals surface area contributed by atoms with Gasteiger partial charge in [-0.2, -0.15) is 11.8 Å². The van der Waals surface area contributed by atoms with Gasteiger partial charge in [-0.15, -0.1) is 0 Å². The van der Waals surface area contributed by atoms with Crippen molar-refractivity contribution < 1.29 is 4.74 Å². The Balaban J connectivity index is 1.75. The van der Waals surface area contributed by atoms with Crippen LogP contribution in [0.2, 0.25) is 0 Å². The quantitative estimate of drug-likeness (QED) is 0.913. The van der Waals surface area contributed by atoms with Crippen molar-refractivity contribution in [3.63, 3.8) is 0 Å². The van der Waals surface area contributed by atoms with Crippen molar-refractivity contribution in [3.05, 3.63) is 29.3 Å². The Labute approximate surface area is 133 Å². The molecule has 2 aliphatic heterocycles. The van der Waals surface area contributed by atoms with Crippen LogP contribution in [0.25, 0.3) is 0 Å². The summed E-state index contributed by atoms with van der Waals surface area (Å²) in [5, 5.41) is 3.53. The molecular weight excluding hydrogens is 278 g/mol. The van der Waals surface area contributed by atoms with Gasteiger partial charge in [-0.1, -0.05) is 12.1 Å². The summed E-state index contributed by atoms with van der Waals surface area (Å²) in [7, 11) is 1.80. The maximum Gasteiger partial charge on any atom is 0.122 e. The summed E-state index contributed by atoms with van der Waals surface area (Å²) in [6.45, 7) is 2.35. The monoisotopic (exact) mass is 305 g/mol. The fourth-order valence-electron chi connectivity index (χ4n) is 3.65.